The lowest BCUT2D eigenvalue weighted by Gasteiger charge is -2.34. The molecular formula is C20H28F2N4O5S. The minimum Gasteiger partial charge on any atom is -0.370 e. The maximum atomic E-state index is 13.4. The molecule has 0 aromatic heterocycles. The Bertz CT molecular complexity index is 963. The highest BCUT2D eigenvalue weighted by Crippen LogP contribution is 2.30. The minimum absolute atomic E-state index is 0.0618. The Morgan fingerprint density at radius 2 is 1.97 bits per heavy atom. The number of piperidine rings is 1. The van der Waals surface area contributed by atoms with Crippen LogP contribution in [0.3, 0.4) is 0 Å². The molecular weight excluding hydrogens is 446 g/mol. The Morgan fingerprint density at radius 1 is 1.28 bits per heavy atom. The predicted molar refractivity (Wildman–Crippen MR) is 113 cm³/mol. The van der Waals surface area contributed by atoms with Gasteiger partial charge in [0, 0.05) is 44.7 Å². The topological polar surface area (TPSA) is 122 Å². The predicted octanol–water partition coefficient (Wildman–Crippen LogP) is 0.476. The number of nitrogens with zero attached hydrogens (tertiary/aromatic N) is 2. The molecule has 0 saturated carbocycles. The number of morpholine rings is 1. The molecule has 2 amide bonds. The van der Waals surface area contributed by atoms with Gasteiger partial charge >= 0.3 is 0 Å². The van der Waals surface area contributed by atoms with Crippen LogP contribution in [0.2, 0.25) is 0 Å². The van der Waals surface area contributed by atoms with Crippen LogP contribution < -0.4 is 15.4 Å². The average molecular weight is 475 g/mol. The first-order valence-corrected chi connectivity index (χ1v) is 12.0. The van der Waals surface area contributed by atoms with Gasteiger partial charge in [0.15, 0.2) is 0 Å². The molecule has 2 fully saturated rings. The molecule has 3 rings (SSSR count). The van der Waals surface area contributed by atoms with E-state index in [2.05, 4.69) is 4.72 Å². The van der Waals surface area contributed by atoms with Gasteiger partial charge in [0.05, 0.1) is 11.5 Å². The fourth-order valence-corrected chi connectivity index (χ4v) is 5.44. The highest BCUT2D eigenvalue weighted by Gasteiger charge is 2.38. The van der Waals surface area contributed by atoms with E-state index in [0.29, 0.717) is 30.8 Å². The number of halogens is 2. The van der Waals surface area contributed by atoms with Crippen LogP contribution in [0.4, 0.5) is 14.5 Å². The normalized spacial score (nSPS) is 20.3. The van der Waals surface area contributed by atoms with Crippen molar-refractivity contribution >= 4 is 27.5 Å². The van der Waals surface area contributed by atoms with Crippen molar-refractivity contribution in [3.8, 4) is 0 Å². The molecule has 32 heavy (non-hydrogen) atoms. The summed E-state index contributed by atoms with van der Waals surface area (Å²) in [5, 5.41) is 0. The number of sulfonamides is 1. The van der Waals surface area contributed by atoms with E-state index in [9.17, 15) is 26.8 Å². The van der Waals surface area contributed by atoms with E-state index >= 15 is 0 Å². The van der Waals surface area contributed by atoms with Crippen molar-refractivity contribution in [1.82, 2.24) is 9.62 Å². The van der Waals surface area contributed by atoms with Crippen LogP contribution in [-0.4, -0.2) is 76.5 Å². The number of amides is 2. The van der Waals surface area contributed by atoms with Crippen molar-refractivity contribution in [2.45, 2.75) is 43.0 Å². The van der Waals surface area contributed by atoms with Gasteiger partial charge in [-0.2, -0.15) is 4.72 Å². The average Bonchev–Trinajstić information content (AvgIpc) is 2.77. The Hall–Kier alpha value is -2.15. The molecule has 1 aromatic carbocycles. The lowest BCUT2D eigenvalue weighted by Crippen LogP contribution is -2.54. The lowest BCUT2D eigenvalue weighted by atomic mass is 10.1. The molecule has 2 saturated heterocycles. The van der Waals surface area contributed by atoms with E-state index in [4.69, 9.17) is 10.5 Å². The third-order valence-electron chi connectivity index (χ3n) is 5.67. The van der Waals surface area contributed by atoms with E-state index in [1.807, 2.05) is 0 Å². The van der Waals surface area contributed by atoms with Crippen LogP contribution in [-0.2, 0) is 30.8 Å². The summed E-state index contributed by atoms with van der Waals surface area (Å²) in [4.78, 5) is 27.7. The summed E-state index contributed by atoms with van der Waals surface area (Å²) in [5.74, 6) is -3.74. The molecule has 0 spiro atoms. The number of nitrogens with two attached hydrogens (primary N) is 1. The summed E-state index contributed by atoms with van der Waals surface area (Å²) in [6.45, 7) is 1.65. The van der Waals surface area contributed by atoms with Gasteiger partial charge in [-0.05, 0) is 24.1 Å². The van der Waals surface area contributed by atoms with Crippen molar-refractivity contribution in [2.24, 2.45) is 5.73 Å². The fourth-order valence-electron chi connectivity index (χ4n) is 3.91. The van der Waals surface area contributed by atoms with Crippen molar-refractivity contribution in [3.05, 3.63) is 23.8 Å². The van der Waals surface area contributed by atoms with Gasteiger partial charge in [-0.1, -0.05) is 13.0 Å². The Balaban J connectivity index is 1.84. The van der Waals surface area contributed by atoms with Crippen molar-refractivity contribution in [1.29, 1.82) is 0 Å². The molecule has 2 aliphatic rings. The van der Waals surface area contributed by atoms with Gasteiger partial charge in [0.2, 0.25) is 15.9 Å². The number of carbonyl (C=O) groups excluding carboxylic acids is 2. The number of hydrogen-bond acceptors (Lipinski definition) is 6. The summed E-state index contributed by atoms with van der Waals surface area (Å²) in [6.07, 6.45) is -0.629. The molecule has 3 N–H and O–H groups in total. The molecule has 2 aliphatic heterocycles. The van der Waals surface area contributed by atoms with E-state index < -0.39 is 40.7 Å². The third kappa shape index (κ3) is 5.25. The first-order valence-electron chi connectivity index (χ1n) is 10.5. The Morgan fingerprint density at radius 3 is 2.56 bits per heavy atom. The number of rotatable bonds is 7. The van der Waals surface area contributed by atoms with Crippen LogP contribution in [0.1, 0.15) is 25.3 Å². The highest BCUT2D eigenvalue weighted by molar-refractivity contribution is 7.89. The minimum atomic E-state index is -4.19. The van der Waals surface area contributed by atoms with Gasteiger partial charge in [0.25, 0.3) is 11.8 Å². The second kappa shape index (κ2) is 9.77. The summed E-state index contributed by atoms with van der Waals surface area (Å²) >= 11 is 0. The van der Waals surface area contributed by atoms with E-state index in [0.717, 1.165) is 0 Å². The van der Waals surface area contributed by atoms with Gasteiger partial charge in [-0.3, -0.25) is 9.59 Å². The standard InChI is InChI=1S/C20H28F2N4O5S/c1-2-14-16(26-10-11-31-13-18(26)27)4-3-5-17(14)32(29,30)24-15(12-23)19(28)25-8-6-20(21,22)7-9-25/h3-5,15,24H,2,6-13,23H2,1H3/t15-/m0/s1. The molecule has 1 atom stereocenters. The molecule has 2 heterocycles. The van der Waals surface area contributed by atoms with Gasteiger partial charge in [0.1, 0.15) is 12.6 Å². The Kier molecular flexibility index (Phi) is 7.48. The number of hydrogen-bond donors (Lipinski definition) is 2. The zero-order chi connectivity index (χ0) is 23.5. The lowest BCUT2D eigenvalue weighted by molar-refractivity contribution is -0.138. The quantitative estimate of drug-likeness (QED) is 0.593. The Labute approximate surface area is 185 Å². The molecule has 0 aliphatic carbocycles. The molecule has 0 bridgehead atoms. The second-order valence-electron chi connectivity index (χ2n) is 7.80. The first kappa shape index (κ1) is 24.5. The van der Waals surface area contributed by atoms with Crippen LogP contribution in [0.5, 0.6) is 0 Å². The number of anilines is 1. The van der Waals surface area contributed by atoms with E-state index in [1.165, 1.54) is 21.9 Å². The monoisotopic (exact) mass is 474 g/mol. The molecule has 12 heteroatoms. The zero-order valence-corrected chi connectivity index (χ0v) is 18.7. The smallest absolute Gasteiger partial charge is 0.253 e. The summed E-state index contributed by atoms with van der Waals surface area (Å²) < 4.78 is 60.7. The van der Waals surface area contributed by atoms with Crippen molar-refractivity contribution in [3.63, 3.8) is 0 Å². The number of alkyl halides is 2. The van der Waals surface area contributed by atoms with Crippen LogP contribution in [0, 0.1) is 0 Å². The summed E-state index contributed by atoms with van der Waals surface area (Å²) in [5.41, 5.74) is 6.56. The van der Waals surface area contributed by atoms with E-state index in [1.54, 1.807) is 13.0 Å². The SMILES string of the molecule is CCc1c(N2CCOCC2=O)cccc1S(=O)(=O)N[C@@H](CN)C(=O)N1CCC(F)(F)CC1. The molecule has 0 unspecified atom stereocenters. The summed E-state index contributed by atoms with van der Waals surface area (Å²) in [7, 11) is -4.19. The number of carbonyl (C=O) groups is 2. The van der Waals surface area contributed by atoms with Gasteiger partial charge < -0.3 is 20.3 Å². The molecule has 9 nitrogen and oxygen atoms in total. The largest absolute Gasteiger partial charge is 0.370 e. The molecule has 1 aromatic rings. The maximum absolute atomic E-state index is 13.4. The van der Waals surface area contributed by atoms with Gasteiger partial charge in [-0.15, -0.1) is 0 Å². The number of likely N-dealkylation sites (tertiary alicyclic amines) is 1. The van der Waals surface area contributed by atoms with Crippen LogP contribution in [0.25, 0.3) is 0 Å². The third-order valence-corrected chi connectivity index (χ3v) is 7.22. The molecule has 178 valence electrons. The highest BCUT2D eigenvalue weighted by atomic mass is 32.2. The van der Waals surface area contributed by atoms with Crippen LogP contribution >= 0.6 is 0 Å². The fraction of sp³-hybridized carbons (Fsp3) is 0.600. The maximum Gasteiger partial charge on any atom is 0.253 e. The zero-order valence-electron chi connectivity index (χ0n) is 17.9. The molecule has 0 radical (unpaired) electrons. The number of benzene rings is 1. The number of ether oxygens (including phenoxy) is 1. The van der Waals surface area contributed by atoms with Crippen LogP contribution in [0.15, 0.2) is 23.1 Å². The first-order chi connectivity index (χ1) is 15.1. The van der Waals surface area contributed by atoms with Gasteiger partial charge in [-0.25, -0.2) is 17.2 Å². The second-order valence-corrected chi connectivity index (χ2v) is 9.48. The van der Waals surface area contributed by atoms with Crippen molar-refractivity contribution < 1.29 is 31.5 Å². The van der Waals surface area contributed by atoms with Crippen molar-refractivity contribution in [2.75, 3.05) is 44.3 Å². The number of nitrogens with one attached hydrogen (secondary N) is 1. The summed E-state index contributed by atoms with van der Waals surface area (Å²) in [6, 6.07) is 3.30. The van der Waals surface area contributed by atoms with E-state index in [-0.39, 0.29) is 37.0 Å².